The lowest BCUT2D eigenvalue weighted by atomic mass is 10.1. The van der Waals surface area contributed by atoms with Crippen LogP contribution in [0.2, 0.25) is 5.15 Å². The van der Waals surface area contributed by atoms with Gasteiger partial charge in [-0.05, 0) is 12.1 Å². The van der Waals surface area contributed by atoms with Gasteiger partial charge in [0.15, 0.2) is 6.17 Å². The van der Waals surface area contributed by atoms with Crippen LogP contribution >= 0.6 is 11.6 Å². The molecule has 0 radical (unpaired) electrons. The van der Waals surface area contributed by atoms with Crippen LogP contribution in [0.15, 0.2) is 34.9 Å². The second-order valence-electron chi connectivity index (χ2n) is 6.02. The van der Waals surface area contributed by atoms with Crippen molar-refractivity contribution in [1.82, 2.24) is 4.98 Å². The fourth-order valence-corrected chi connectivity index (χ4v) is 3.06. The van der Waals surface area contributed by atoms with Gasteiger partial charge in [0.25, 0.3) is 12.3 Å². The van der Waals surface area contributed by atoms with Gasteiger partial charge in [-0.3, -0.25) is 0 Å². The van der Waals surface area contributed by atoms with Gasteiger partial charge in [0.1, 0.15) is 24.8 Å². The molecule has 0 aliphatic carbocycles. The minimum absolute atomic E-state index is 0.0750. The minimum Gasteiger partial charge on any atom is -0.632 e. The molecule has 3 atom stereocenters. The van der Waals surface area contributed by atoms with Crippen LogP contribution in [-0.4, -0.2) is 41.6 Å². The Morgan fingerprint density at radius 3 is 2.84 bits per heavy atom. The summed E-state index contributed by atoms with van der Waals surface area (Å²) in [7, 11) is 0. The van der Waals surface area contributed by atoms with Gasteiger partial charge in [0.05, 0.1) is 18.0 Å². The van der Waals surface area contributed by atoms with Crippen LogP contribution in [0.25, 0.3) is 0 Å². The molecule has 1 aromatic rings. The third-order valence-electron chi connectivity index (χ3n) is 4.01. The molecule has 134 valence electrons. The molecule has 0 saturated carbocycles. The Balaban J connectivity index is 1.60. The molecule has 0 fully saturated rings. The van der Waals surface area contributed by atoms with Gasteiger partial charge in [-0.25, -0.2) is 23.1 Å². The molecular weight excluding hydrogens is 359 g/mol. The van der Waals surface area contributed by atoms with Crippen LogP contribution in [-0.2, 0) is 17.8 Å². The predicted octanol–water partition coefficient (Wildman–Crippen LogP) is 3.38. The number of rotatable bonds is 6. The summed E-state index contributed by atoms with van der Waals surface area (Å²) in [5.41, 5.74) is 4.30. The Morgan fingerprint density at radius 1 is 1.40 bits per heavy atom. The first-order chi connectivity index (χ1) is 11.9. The lowest BCUT2D eigenvalue weighted by Gasteiger charge is -2.39. The first-order valence-electron chi connectivity index (χ1n) is 7.62. The standard InChI is InChI=1S/C16H15ClF3N3O2/c17-15-12-8-23(24,7-11(12)3-4-21-15)6-10-1-2-14(22-5-10)25-9-13(18)16(19)20/h1,3-5,10,13,16H,6-9H2. The van der Waals surface area contributed by atoms with Gasteiger partial charge in [-0.15, -0.1) is 0 Å². The van der Waals surface area contributed by atoms with Crippen molar-refractivity contribution in [2.75, 3.05) is 13.2 Å². The Bertz CT molecular complexity index is 752. The SMILES string of the molecule is [O-][N+]1(CC2C=C=C(OCC(F)C(F)F)N=C2)Cc2ccnc(Cl)c2C1. The average molecular weight is 374 g/mol. The van der Waals surface area contributed by atoms with E-state index in [0.717, 1.165) is 11.1 Å². The number of halogens is 4. The number of aromatic nitrogens is 1. The summed E-state index contributed by atoms with van der Waals surface area (Å²) in [5.74, 6) is -0.365. The van der Waals surface area contributed by atoms with Crippen molar-refractivity contribution < 1.29 is 22.6 Å². The molecule has 25 heavy (non-hydrogen) atoms. The summed E-state index contributed by atoms with van der Waals surface area (Å²) < 4.78 is 41.3. The molecule has 2 aliphatic rings. The Morgan fingerprint density at radius 2 is 2.20 bits per heavy atom. The van der Waals surface area contributed by atoms with Crippen LogP contribution in [0, 0.1) is 11.1 Å². The van der Waals surface area contributed by atoms with E-state index in [-0.39, 0.29) is 24.9 Å². The largest absolute Gasteiger partial charge is 0.632 e. The average Bonchev–Trinajstić information content (AvgIpc) is 2.91. The van der Waals surface area contributed by atoms with Crippen LogP contribution in [0.3, 0.4) is 0 Å². The Kier molecular flexibility index (Phi) is 5.15. The van der Waals surface area contributed by atoms with Gasteiger partial charge >= 0.3 is 0 Å². The highest BCUT2D eigenvalue weighted by atomic mass is 35.5. The number of ether oxygens (including phenoxy) is 1. The van der Waals surface area contributed by atoms with E-state index in [2.05, 4.69) is 15.7 Å². The summed E-state index contributed by atoms with van der Waals surface area (Å²) >= 11 is 6.03. The summed E-state index contributed by atoms with van der Waals surface area (Å²) in [4.78, 5) is 7.90. The van der Waals surface area contributed by atoms with Crippen LogP contribution in [0.1, 0.15) is 11.1 Å². The van der Waals surface area contributed by atoms with Gasteiger partial charge in [-0.2, -0.15) is 0 Å². The molecule has 0 saturated heterocycles. The molecule has 0 aromatic carbocycles. The molecule has 0 spiro atoms. The van der Waals surface area contributed by atoms with Gasteiger partial charge < -0.3 is 14.6 Å². The summed E-state index contributed by atoms with van der Waals surface area (Å²) in [5, 5.41) is 13.3. The van der Waals surface area contributed by atoms with E-state index < -0.39 is 23.9 Å². The number of hydrogen-bond donors (Lipinski definition) is 0. The van der Waals surface area contributed by atoms with Crippen LogP contribution in [0.5, 0.6) is 0 Å². The number of fused-ring (bicyclic) bond motifs is 1. The maximum atomic E-state index is 12.9. The van der Waals surface area contributed by atoms with Crippen molar-refractivity contribution in [2.24, 2.45) is 10.9 Å². The second-order valence-corrected chi connectivity index (χ2v) is 6.37. The summed E-state index contributed by atoms with van der Waals surface area (Å²) in [6, 6.07) is 1.78. The Labute approximate surface area is 147 Å². The van der Waals surface area contributed by atoms with E-state index in [4.69, 9.17) is 16.3 Å². The fraction of sp³-hybridized carbons (Fsp3) is 0.438. The summed E-state index contributed by atoms with van der Waals surface area (Å²) in [6.45, 7) is -0.0539. The van der Waals surface area contributed by atoms with Crippen LogP contribution in [0.4, 0.5) is 13.2 Å². The van der Waals surface area contributed by atoms with E-state index in [1.165, 1.54) is 6.21 Å². The second kappa shape index (κ2) is 7.17. The molecular formula is C16H15ClF3N3O2. The lowest BCUT2D eigenvalue weighted by Crippen LogP contribution is -2.40. The highest BCUT2D eigenvalue weighted by molar-refractivity contribution is 6.30. The smallest absolute Gasteiger partial charge is 0.272 e. The quantitative estimate of drug-likeness (QED) is 0.332. The molecule has 9 heteroatoms. The maximum Gasteiger partial charge on any atom is 0.272 e. The highest BCUT2D eigenvalue weighted by Gasteiger charge is 2.32. The summed E-state index contributed by atoms with van der Waals surface area (Å²) in [6.07, 6.45) is -0.865. The van der Waals surface area contributed by atoms with E-state index >= 15 is 0 Å². The monoisotopic (exact) mass is 373 g/mol. The van der Waals surface area contributed by atoms with E-state index in [1.807, 2.05) is 0 Å². The van der Waals surface area contributed by atoms with Crippen molar-refractivity contribution in [3.63, 3.8) is 0 Å². The first-order valence-corrected chi connectivity index (χ1v) is 7.99. The van der Waals surface area contributed by atoms with Crippen molar-refractivity contribution in [3.8, 4) is 0 Å². The number of hydrogen-bond acceptors (Lipinski definition) is 4. The van der Waals surface area contributed by atoms with Crippen molar-refractivity contribution in [3.05, 3.63) is 51.4 Å². The lowest BCUT2D eigenvalue weighted by molar-refractivity contribution is -0.901. The maximum absolute atomic E-state index is 12.9. The zero-order valence-corrected chi connectivity index (χ0v) is 13.8. The molecule has 5 nitrogen and oxygen atoms in total. The van der Waals surface area contributed by atoms with Crippen molar-refractivity contribution in [2.45, 2.75) is 25.7 Å². The first kappa shape index (κ1) is 17.9. The topological polar surface area (TPSA) is 57.5 Å². The number of quaternary nitrogens is 1. The zero-order valence-electron chi connectivity index (χ0n) is 13.0. The highest BCUT2D eigenvalue weighted by Crippen LogP contribution is 2.33. The molecule has 0 amide bonds. The van der Waals surface area contributed by atoms with Gasteiger partial charge in [0, 0.05) is 18.0 Å². The Hall–Kier alpha value is -1.86. The third kappa shape index (κ3) is 4.22. The number of hydroxylamine groups is 3. The van der Waals surface area contributed by atoms with Crippen molar-refractivity contribution in [1.29, 1.82) is 0 Å². The van der Waals surface area contributed by atoms with Crippen LogP contribution < -0.4 is 0 Å². The minimum atomic E-state index is -3.10. The van der Waals surface area contributed by atoms with Gasteiger partial charge in [-0.1, -0.05) is 17.3 Å². The zero-order chi connectivity index (χ0) is 18.0. The van der Waals surface area contributed by atoms with Gasteiger partial charge in [0.2, 0.25) is 0 Å². The molecule has 3 heterocycles. The number of alkyl halides is 3. The molecule has 3 unspecified atom stereocenters. The number of aliphatic imine (C=N–C) groups is 1. The molecule has 0 N–H and O–H groups in total. The third-order valence-corrected chi connectivity index (χ3v) is 4.33. The number of nitrogens with zero attached hydrogens (tertiary/aromatic N) is 3. The van der Waals surface area contributed by atoms with E-state index in [1.54, 1.807) is 18.3 Å². The van der Waals surface area contributed by atoms with Crippen molar-refractivity contribution >= 4 is 17.8 Å². The normalized spacial score (nSPS) is 25.8. The predicted molar refractivity (Wildman–Crippen MR) is 85.6 cm³/mol. The fourth-order valence-electron chi connectivity index (χ4n) is 2.82. The molecule has 0 bridgehead atoms. The molecule has 3 rings (SSSR count). The van der Waals surface area contributed by atoms with E-state index in [9.17, 15) is 18.4 Å². The number of pyridine rings is 1. The molecule has 1 aromatic heterocycles. The van der Waals surface area contributed by atoms with E-state index in [0.29, 0.717) is 11.7 Å². The molecule has 2 aliphatic heterocycles.